The Balaban J connectivity index is 0.00000208. The van der Waals surface area contributed by atoms with Gasteiger partial charge in [0.25, 0.3) is 11.8 Å². The number of nitrogens with one attached hydrogen (secondary N) is 1. The third kappa shape index (κ3) is 3.31. The maximum Gasteiger partial charge on any atom is 0.276 e. The van der Waals surface area contributed by atoms with E-state index in [1.807, 2.05) is 14.0 Å². The minimum atomic E-state index is -0.500. The first-order valence-corrected chi connectivity index (χ1v) is 8.13. The minimum absolute atomic E-state index is 0. The molecule has 2 aromatic heterocycles. The Bertz CT molecular complexity index is 779. The maximum atomic E-state index is 12.4. The first-order chi connectivity index (χ1) is 10.9. The molecule has 0 saturated carbocycles. The molecular formula is C15H20ClN5O2S. The van der Waals surface area contributed by atoms with Crippen LogP contribution in [0.3, 0.4) is 0 Å². The van der Waals surface area contributed by atoms with Gasteiger partial charge in [-0.2, -0.15) is 5.10 Å². The molecule has 3 rings (SSSR count). The van der Waals surface area contributed by atoms with E-state index in [9.17, 15) is 9.59 Å². The number of halogens is 1. The molecule has 0 unspecified atom stereocenters. The summed E-state index contributed by atoms with van der Waals surface area (Å²) >= 11 is 1.42. The summed E-state index contributed by atoms with van der Waals surface area (Å²) in [4.78, 5) is 27.5. The highest BCUT2D eigenvalue weighted by atomic mass is 35.5. The van der Waals surface area contributed by atoms with Crippen molar-refractivity contribution in [2.24, 2.45) is 12.8 Å². The number of anilines is 1. The number of amides is 2. The van der Waals surface area contributed by atoms with E-state index >= 15 is 0 Å². The first-order valence-electron chi connectivity index (χ1n) is 7.31. The highest BCUT2D eigenvalue weighted by molar-refractivity contribution is 7.17. The van der Waals surface area contributed by atoms with Gasteiger partial charge in [-0.05, 0) is 32.0 Å². The van der Waals surface area contributed by atoms with Gasteiger partial charge in [-0.3, -0.25) is 14.3 Å². The van der Waals surface area contributed by atoms with Crippen LogP contribution in [0.25, 0.3) is 0 Å². The summed E-state index contributed by atoms with van der Waals surface area (Å²) < 4.78 is 1.64. The standard InChI is InChI=1S/C15H19N5O2S.ClH/c1-8-6-10(18-20(8)3)14(22)17-15-12(13(16)21)9-4-5-19(2)7-11(9)23-15;/h6H,4-5,7H2,1-3H3,(H2,16,21)(H,17,22);1H. The van der Waals surface area contributed by atoms with Crippen LogP contribution in [0, 0.1) is 6.92 Å². The molecule has 2 aromatic rings. The fourth-order valence-corrected chi connectivity index (χ4v) is 4.05. The molecule has 24 heavy (non-hydrogen) atoms. The molecule has 0 aliphatic carbocycles. The van der Waals surface area contributed by atoms with E-state index in [0.29, 0.717) is 16.3 Å². The Morgan fingerprint density at radius 1 is 1.38 bits per heavy atom. The largest absolute Gasteiger partial charge is 0.365 e. The van der Waals surface area contributed by atoms with Crippen LogP contribution < -0.4 is 11.1 Å². The zero-order valence-corrected chi connectivity index (χ0v) is 15.4. The van der Waals surface area contributed by atoms with Gasteiger partial charge >= 0.3 is 0 Å². The molecule has 0 bridgehead atoms. The van der Waals surface area contributed by atoms with Crippen molar-refractivity contribution in [1.82, 2.24) is 14.7 Å². The maximum absolute atomic E-state index is 12.4. The molecule has 2 amide bonds. The lowest BCUT2D eigenvalue weighted by molar-refractivity contribution is 0.1000. The molecule has 1 aliphatic heterocycles. The minimum Gasteiger partial charge on any atom is -0.365 e. The summed E-state index contributed by atoms with van der Waals surface area (Å²) in [5.74, 6) is -0.831. The van der Waals surface area contributed by atoms with Crippen LogP contribution in [0.5, 0.6) is 0 Å². The van der Waals surface area contributed by atoms with Gasteiger partial charge in [-0.1, -0.05) is 0 Å². The van der Waals surface area contributed by atoms with Crippen LogP contribution >= 0.6 is 23.7 Å². The Kier molecular flexibility index (Phi) is 5.32. The quantitative estimate of drug-likeness (QED) is 0.858. The van der Waals surface area contributed by atoms with Crippen molar-refractivity contribution < 1.29 is 9.59 Å². The smallest absolute Gasteiger partial charge is 0.276 e. The van der Waals surface area contributed by atoms with Crippen molar-refractivity contribution in [2.75, 3.05) is 18.9 Å². The molecule has 0 spiro atoms. The second kappa shape index (κ2) is 6.92. The molecule has 7 nitrogen and oxygen atoms in total. The molecule has 3 heterocycles. The lowest BCUT2D eigenvalue weighted by Crippen LogP contribution is -2.27. The van der Waals surface area contributed by atoms with Gasteiger partial charge in [-0.15, -0.1) is 23.7 Å². The SMILES string of the molecule is Cc1cc(C(=O)Nc2sc3c(c2C(N)=O)CCN(C)C3)nn1C.Cl. The number of fused-ring (bicyclic) bond motifs is 1. The molecule has 0 atom stereocenters. The van der Waals surface area contributed by atoms with E-state index < -0.39 is 5.91 Å². The number of aromatic nitrogens is 2. The van der Waals surface area contributed by atoms with E-state index in [-0.39, 0.29) is 18.3 Å². The van der Waals surface area contributed by atoms with E-state index in [2.05, 4.69) is 15.3 Å². The number of rotatable bonds is 3. The molecule has 0 fully saturated rings. The molecule has 0 radical (unpaired) electrons. The van der Waals surface area contributed by atoms with Crippen molar-refractivity contribution in [1.29, 1.82) is 0 Å². The van der Waals surface area contributed by atoms with Gasteiger partial charge < -0.3 is 16.0 Å². The zero-order chi connectivity index (χ0) is 16.7. The zero-order valence-electron chi connectivity index (χ0n) is 13.8. The van der Waals surface area contributed by atoms with E-state index in [1.165, 1.54) is 11.3 Å². The third-order valence-electron chi connectivity index (χ3n) is 4.07. The lowest BCUT2D eigenvalue weighted by atomic mass is 10.0. The van der Waals surface area contributed by atoms with Crippen molar-refractivity contribution in [3.8, 4) is 0 Å². The van der Waals surface area contributed by atoms with Crippen LogP contribution in [-0.2, 0) is 20.0 Å². The monoisotopic (exact) mass is 369 g/mol. The molecule has 1 aliphatic rings. The number of thiophene rings is 1. The number of nitrogens with zero attached hydrogens (tertiary/aromatic N) is 3. The van der Waals surface area contributed by atoms with Gasteiger partial charge in [-0.25, -0.2) is 0 Å². The number of nitrogens with two attached hydrogens (primary N) is 1. The van der Waals surface area contributed by atoms with E-state index in [0.717, 1.165) is 35.6 Å². The van der Waals surface area contributed by atoms with E-state index in [1.54, 1.807) is 17.8 Å². The summed E-state index contributed by atoms with van der Waals surface area (Å²) in [6.45, 7) is 3.51. The number of hydrogen-bond donors (Lipinski definition) is 2. The second-order valence-electron chi connectivity index (χ2n) is 5.81. The average molecular weight is 370 g/mol. The highest BCUT2D eigenvalue weighted by Crippen LogP contribution is 2.36. The third-order valence-corrected chi connectivity index (χ3v) is 5.20. The van der Waals surface area contributed by atoms with Crippen molar-refractivity contribution in [3.63, 3.8) is 0 Å². The summed E-state index contributed by atoms with van der Waals surface area (Å²) in [5.41, 5.74) is 8.16. The summed E-state index contributed by atoms with van der Waals surface area (Å²) in [6.07, 6.45) is 0.763. The number of carbonyl (C=O) groups excluding carboxylic acids is 2. The number of primary amides is 1. The van der Waals surface area contributed by atoms with Crippen molar-refractivity contribution in [2.45, 2.75) is 19.9 Å². The van der Waals surface area contributed by atoms with Crippen LogP contribution in [0.1, 0.15) is 37.0 Å². The Morgan fingerprint density at radius 3 is 2.67 bits per heavy atom. The van der Waals surface area contributed by atoms with Gasteiger partial charge in [0.15, 0.2) is 5.69 Å². The van der Waals surface area contributed by atoms with Gasteiger partial charge in [0.05, 0.1) is 5.56 Å². The second-order valence-corrected chi connectivity index (χ2v) is 6.91. The Morgan fingerprint density at radius 2 is 2.08 bits per heavy atom. The molecule has 9 heteroatoms. The number of hydrogen-bond acceptors (Lipinski definition) is 5. The molecule has 0 aromatic carbocycles. The summed E-state index contributed by atoms with van der Waals surface area (Å²) in [7, 11) is 3.81. The molecule has 0 saturated heterocycles. The summed E-state index contributed by atoms with van der Waals surface area (Å²) in [6, 6.07) is 1.71. The average Bonchev–Trinajstić information content (AvgIpc) is 2.99. The fraction of sp³-hybridized carbons (Fsp3) is 0.400. The van der Waals surface area contributed by atoms with Crippen molar-refractivity contribution in [3.05, 3.63) is 33.5 Å². The molecular weight excluding hydrogens is 350 g/mol. The van der Waals surface area contributed by atoms with Crippen LogP contribution in [-0.4, -0.2) is 40.1 Å². The van der Waals surface area contributed by atoms with Crippen molar-refractivity contribution >= 4 is 40.6 Å². The van der Waals surface area contributed by atoms with Crippen LogP contribution in [0.2, 0.25) is 0 Å². The normalized spacial score (nSPS) is 14.0. The van der Waals surface area contributed by atoms with Crippen LogP contribution in [0.15, 0.2) is 6.07 Å². The molecule has 130 valence electrons. The van der Waals surface area contributed by atoms with Crippen LogP contribution in [0.4, 0.5) is 5.00 Å². The number of likely N-dealkylation sites (N-methyl/N-ethyl adjacent to an activating group) is 1. The lowest BCUT2D eigenvalue weighted by Gasteiger charge is -2.22. The Hall–Kier alpha value is -1.90. The number of carbonyl (C=O) groups is 2. The predicted molar refractivity (Wildman–Crippen MR) is 96.0 cm³/mol. The highest BCUT2D eigenvalue weighted by Gasteiger charge is 2.27. The molecule has 3 N–H and O–H groups in total. The predicted octanol–water partition coefficient (Wildman–Crippen LogP) is 1.55. The van der Waals surface area contributed by atoms with Gasteiger partial charge in [0.2, 0.25) is 0 Å². The first kappa shape index (κ1) is 18.4. The summed E-state index contributed by atoms with van der Waals surface area (Å²) in [5, 5.41) is 7.48. The topological polar surface area (TPSA) is 93.2 Å². The Labute approximate surface area is 150 Å². The number of aryl methyl sites for hydroxylation is 2. The van der Waals surface area contributed by atoms with Gasteiger partial charge in [0, 0.05) is 30.7 Å². The fourth-order valence-electron chi connectivity index (χ4n) is 2.72. The van der Waals surface area contributed by atoms with E-state index in [4.69, 9.17) is 5.73 Å². The van der Waals surface area contributed by atoms with Gasteiger partial charge in [0.1, 0.15) is 5.00 Å².